The maximum Gasteiger partial charge on any atom is 0.303 e. The molecule has 0 spiro atoms. The summed E-state index contributed by atoms with van der Waals surface area (Å²) in [6.07, 6.45) is 4.78. The van der Waals surface area contributed by atoms with E-state index in [1.807, 2.05) is 4.90 Å². The van der Waals surface area contributed by atoms with Crippen LogP contribution < -0.4 is 0 Å². The van der Waals surface area contributed by atoms with Crippen molar-refractivity contribution in [3.63, 3.8) is 0 Å². The van der Waals surface area contributed by atoms with Gasteiger partial charge >= 0.3 is 5.97 Å². The van der Waals surface area contributed by atoms with Crippen LogP contribution in [0.1, 0.15) is 38.5 Å². The van der Waals surface area contributed by atoms with Gasteiger partial charge in [-0.15, -0.1) is 0 Å². The molecule has 2 saturated heterocycles. The minimum atomic E-state index is -0.893. The van der Waals surface area contributed by atoms with Crippen molar-refractivity contribution in [1.82, 2.24) is 9.80 Å². The molecule has 0 radical (unpaired) electrons. The van der Waals surface area contributed by atoms with Gasteiger partial charge in [0.05, 0.1) is 6.42 Å². The number of carboxylic acids is 1. The second-order valence-electron chi connectivity index (χ2n) is 5.25. The Morgan fingerprint density at radius 3 is 2.17 bits per heavy atom. The molecule has 2 fully saturated rings. The highest BCUT2D eigenvalue weighted by Gasteiger charge is 2.28. The average molecular weight is 254 g/mol. The number of carbonyl (C=O) groups is 2. The fraction of sp³-hybridized carbons (Fsp3) is 0.846. The molecule has 1 N–H and O–H groups in total. The standard InChI is InChI=1S/C13H22N2O3/c16-12(3-4-13(17)18)15-9-5-11(6-10-15)14-7-1-2-8-14/h11H,1-10H2,(H,17,18). The van der Waals surface area contributed by atoms with Crippen molar-refractivity contribution >= 4 is 11.9 Å². The Morgan fingerprint density at radius 1 is 1.00 bits per heavy atom. The predicted octanol–water partition coefficient (Wildman–Crippen LogP) is 0.938. The summed E-state index contributed by atoms with van der Waals surface area (Å²) in [5.74, 6) is -0.896. The molecule has 0 unspecified atom stereocenters. The quantitative estimate of drug-likeness (QED) is 0.811. The second-order valence-corrected chi connectivity index (χ2v) is 5.25. The third kappa shape index (κ3) is 3.45. The lowest BCUT2D eigenvalue weighted by Gasteiger charge is -2.36. The van der Waals surface area contributed by atoms with Gasteiger partial charge in [-0.2, -0.15) is 0 Å². The molecule has 1 amide bonds. The minimum absolute atomic E-state index is 0.00253. The van der Waals surface area contributed by atoms with Crippen molar-refractivity contribution in [2.24, 2.45) is 0 Å². The lowest BCUT2D eigenvalue weighted by Crippen LogP contribution is -2.45. The van der Waals surface area contributed by atoms with Gasteiger partial charge in [0.2, 0.25) is 5.91 Å². The van der Waals surface area contributed by atoms with E-state index >= 15 is 0 Å². The Hall–Kier alpha value is -1.10. The third-order valence-corrected chi connectivity index (χ3v) is 4.03. The fourth-order valence-corrected chi connectivity index (χ4v) is 2.96. The first kappa shape index (κ1) is 13.3. The number of hydrogen-bond acceptors (Lipinski definition) is 3. The topological polar surface area (TPSA) is 60.9 Å². The molecule has 0 aromatic rings. The molecule has 0 aliphatic carbocycles. The molecule has 5 nitrogen and oxygen atoms in total. The molecule has 0 bridgehead atoms. The first-order valence-electron chi connectivity index (χ1n) is 6.90. The molecule has 2 aliphatic rings. The van der Waals surface area contributed by atoms with Crippen LogP contribution in [0.15, 0.2) is 0 Å². The molecule has 18 heavy (non-hydrogen) atoms. The first-order chi connectivity index (χ1) is 8.66. The number of rotatable bonds is 4. The van der Waals surface area contributed by atoms with Crippen LogP contribution in [-0.4, -0.2) is 59.0 Å². The molecule has 0 atom stereocenters. The van der Waals surface area contributed by atoms with Crippen molar-refractivity contribution < 1.29 is 14.7 Å². The summed E-state index contributed by atoms with van der Waals surface area (Å²) in [5.41, 5.74) is 0. The van der Waals surface area contributed by atoms with E-state index in [0.717, 1.165) is 25.9 Å². The summed E-state index contributed by atoms with van der Waals surface area (Å²) in [6.45, 7) is 3.99. The summed E-state index contributed by atoms with van der Waals surface area (Å²) in [4.78, 5) is 26.6. The van der Waals surface area contributed by atoms with Crippen LogP contribution in [0.4, 0.5) is 0 Å². The molecule has 102 valence electrons. The largest absolute Gasteiger partial charge is 0.481 e. The van der Waals surface area contributed by atoms with E-state index < -0.39 is 5.97 Å². The molecule has 0 aromatic carbocycles. The monoisotopic (exact) mass is 254 g/mol. The van der Waals surface area contributed by atoms with Gasteiger partial charge in [0.15, 0.2) is 0 Å². The van der Waals surface area contributed by atoms with E-state index in [1.165, 1.54) is 25.9 Å². The Balaban J connectivity index is 1.72. The van der Waals surface area contributed by atoms with E-state index in [0.29, 0.717) is 6.04 Å². The van der Waals surface area contributed by atoms with Gasteiger partial charge in [0.25, 0.3) is 0 Å². The van der Waals surface area contributed by atoms with Crippen molar-refractivity contribution in [2.75, 3.05) is 26.2 Å². The van der Waals surface area contributed by atoms with Crippen molar-refractivity contribution in [1.29, 1.82) is 0 Å². The molecular weight excluding hydrogens is 232 g/mol. The summed E-state index contributed by atoms with van der Waals surface area (Å²) in [7, 11) is 0. The number of carbonyl (C=O) groups excluding carboxylic acids is 1. The van der Waals surface area contributed by atoms with Crippen LogP contribution in [0.2, 0.25) is 0 Å². The van der Waals surface area contributed by atoms with Crippen LogP contribution in [0.5, 0.6) is 0 Å². The smallest absolute Gasteiger partial charge is 0.303 e. The van der Waals surface area contributed by atoms with Crippen molar-refractivity contribution in [3.8, 4) is 0 Å². The molecule has 0 aromatic heterocycles. The Morgan fingerprint density at radius 2 is 1.61 bits per heavy atom. The van der Waals surface area contributed by atoms with Crippen LogP contribution >= 0.6 is 0 Å². The van der Waals surface area contributed by atoms with Gasteiger partial charge in [-0.25, -0.2) is 0 Å². The summed E-state index contributed by atoms with van der Waals surface area (Å²) in [6, 6.07) is 0.635. The SMILES string of the molecule is O=C(O)CCC(=O)N1CCC(N2CCCC2)CC1. The number of amides is 1. The van der Waals surface area contributed by atoms with Crippen molar-refractivity contribution in [2.45, 2.75) is 44.6 Å². The van der Waals surface area contributed by atoms with Gasteiger partial charge in [-0.3, -0.25) is 9.59 Å². The van der Waals surface area contributed by atoms with Crippen molar-refractivity contribution in [3.05, 3.63) is 0 Å². The van der Waals surface area contributed by atoms with Gasteiger partial charge in [0.1, 0.15) is 0 Å². The molecule has 0 saturated carbocycles. The molecule has 2 rings (SSSR count). The van der Waals surface area contributed by atoms with E-state index in [4.69, 9.17) is 5.11 Å². The Labute approximate surface area is 108 Å². The van der Waals surface area contributed by atoms with Gasteiger partial charge in [0, 0.05) is 25.6 Å². The third-order valence-electron chi connectivity index (χ3n) is 4.03. The lowest BCUT2D eigenvalue weighted by atomic mass is 10.0. The predicted molar refractivity (Wildman–Crippen MR) is 67.3 cm³/mol. The highest BCUT2D eigenvalue weighted by atomic mass is 16.4. The molecule has 2 heterocycles. The van der Waals surface area contributed by atoms with Gasteiger partial charge in [-0.05, 0) is 38.8 Å². The number of nitrogens with zero attached hydrogens (tertiary/aromatic N) is 2. The van der Waals surface area contributed by atoms with E-state index in [-0.39, 0.29) is 18.7 Å². The number of hydrogen-bond donors (Lipinski definition) is 1. The van der Waals surface area contributed by atoms with E-state index in [9.17, 15) is 9.59 Å². The molecule has 5 heteroatoms. The zero-order chi connectivity index (χ0) is 13.0. The number of likely N-dealkylation sites (tertiary alicyclic amines) is 2. The summed E-state index contributed by atoms with van der Waals surface area (Å²) >= 11 is 0. The number of carboxylic acid groups (broad SMARTS) is 1. The fourth-order valence-electron chi connectivity index (χ4n) is 2.96. The summed E-state index contributed by atoms with van der Waals surface area (Å²) < 4.78 is 0. The highest BCUT2D eigenvalue weighted by molar-refractivity contribution is 5.80. The zero-order valence-electron chi connectivity index (χ0n) is 10.8. The normalized spacial score (nSPS) is 22.3. The second kappa shape index (κ2) is 6.18. The van der Waals surface area contributed by atoms with Crippen LogP contribution in [0, 0.1) is 0 Å². The van der Waals surface area contributed by atoms with Crippen LogP contribution in [-0.2, 0) is 9.59 Å². The highest BCUT2D eigenvalue weighted by Crippen LogP contribution is 2.21. The van der Waals surface area contributed by atoms with E-state index in [1.54, 1.807) is 0 Å². The maximum absolute atomic E-state index is 11.8. The maximum atomic E-state index is 11.8. The first-order valence-corrected chi connectivity index (χ1v) is 6.90. The molecule has 2 aliphatic heterocycles. The lowest BCUT2D eigenvalue weighted by molar-refractivity contribution is -0.141. The average Bonchev–Trinajstić information content (AvgIpc) is 2.90. The molecular formula is C13H22N2O3. The van der Waals surface area contributed by atoms with Gasteiger partial charge in [-0.1, -0.05) is 0 Å². The van der Waals surface area contributed by atoms with Gasteiger partial charge < -0.3 is 14.9 Å². The van der Waals surface area contributed by atoms with E-state index in [2.05, 4.69) is 4.90 Å². The zero-order valence-corrected chi connectivity index (χ0v) is 10.8. The number of aliphatic carboxylic acids is 1. The number of piperidine rings is 1. The van der Waals surface area contributed by atoms with Crippen LogP contribution in [0.3, 0.4) is 0 Å². The Kier molecular flexibility index (Phi) is 4.58. The summed E-state index contributed by atoms with van der Waals surface area (Å²) in [5, 5.41) is 8.57. The minimum Gasteiger partial charge on any atom is -0.481 e. The Bertz CT molecular complexity index is 305. The van der Waals surface area contributed by atoms with Crippen LogP contribution in [0.25, 0.3) is 0 Å².